The Morgan fingerprint density at radius 2 is 0.742 bits per heavy atom. The number of fused-ring (bicyclic) bond motifs is 16. The van der Waals surface area contributed by atoms with Gasteiger partial charge < -0.3 is 9.13 Å². The van der Waals surface area contributed by atoms with Gasteiger partial charge in [0.25, 0.3) is 0 Å². The number of benzene rings is 10. The summed E-state index contributed by atoms with van der Waals surface area (Å²) in [5.74, 6) is 0. The number of aromatic nitrogens is 2. The Morgan fingerprint density at radius 3 is 1.21 bits per heavy atom. The Balaban J connectivity index is 1.06. The van der Waals surface area contributed by atoms with Gasteiger partial charge in [-0.05, 0) is 86.1 Å². The number of hydrogen-bond acceptors (Lipinski definition) is 2. The van der Waals surface area contributed by atoms with Gasteiger partial charge in [-0.25, -0.2) is 0 Å². The first kappa shape index (κ1) is 35.9. The van der Waals surface area contributed by atoms with E-state index in [1.807, 2.05) is 23.5 Å². The highest BCUT2D eigenvalue weighted by molar-refractivity contribution is 8.01. The van der Waals surface area contributed by atoms with Crippen LogP contribution in [0.15, 0.2) is 226 Å². The Kier molecular flexibility index (Phi) is 7.15. The first-order valence-electron chi connectivity index (χ1n) is 22.9. The third kappa shape index (κ3) is 4.53. The van der Waals surface area contributed by atoms with Crippen molar-refractivity contribution in [1.82, 2.24) is 9.13 Å². The van der Waals surface area contributed by atoms with Crippen LogP contribution in [0.5, 0.6) is 0 Å². The average Bonchev–Trinajstić information content (AvgIpc) is 3.92. The van der Waals surface area contributed by atoms with Crippen LogP contribution in [0, 0.1) is 0 Å². The molecule has 302 valence electrons. The summed E-state index contributed by atoms with van der Waals surface area (Å²) < 4.78 is 5.18. The molecule has 2 aromatic heterocycles. The van der Waals surface area contributed by atoms with Gasteiger partial charge in [0.05, 0.1) is 22.1 Å². The molecule has 4 aliphatic heterocycles. The lowest BCUT2D eigenvalue weighted by atomic mass is 9.32. The highest BCUT2D eigenvalue weighted by Crippen LogP contribution is 2.51. The zero-order valence-electron chi connectivity index (χ0n) is 35.5. The summed E-state index contributed by atoms with van der Waals surface area (Å²) in [7, 11) is 0. The summed E-state index contributed by atoms with van der Waals surface area (Å²) >= 11 is 3.99. The van der Waals surface area contributed by atoms with Crippen molar-refractivity contribution in [2.24, 2.45) is 0 Å². The van der Waals surface area contributed by atoms with Crippen molar-refractivity contribution in [2.45, 2.75) is 19.6 Å². The highest BCUT2D eigenvalue weighted by atomic mass is 32.2. The lowest BCUT2D eigenvalue weighted by Crippen LogP contribution is -2.63. The molecule has 0 saturated heterocycles. The molecule has 0 radical (unpaired) electrons. The van der Waals surface area contributed by atoms with Gasteiger partial charge >= 0.3 is 0 Å². The predicted octanol–water partition coefficient (Wildman–Crippen LogP) is 11.5. The van der Waals surface area contributed by atoms with Crippen molar-refractivity contribution in [3.05, 3.63) is 206 Å². The molecule has 4 aliphatic rings. The largest absolute Gasteiger partial charge is 0.310 e. The van der Waals surface area contributed by atoms with Crippen LogP contribution in [0.3, 0.4) is 0 Å². The minimum absolute atomic E-state index is 0.0431. The standard InChI is InChI=1S/C60H34B2N2S2/c1-4-18-35(19-5-1)40-32-50-55-57-53(40)38-24-10-14-28-46(38)63(57)48-30-16-12-26-42(48)61(55)44-34-45-60(52(59(44)65-50)37-22-8-3-9-23-37)66-51-33-41(36-20-6-2-7-21-36)54-39-25-11-15-29-47(39)64-49-31-17-13-27-43(49)62(45)56(51)58(54)64/h1-34H. The molecule has 0 fully saturated rings. The number of rotatable bonds is 3. The van der Waals surface area contributed by atoms with Crippen molar-refractivity contribution in [2.75, 3.05) is 0 Å². The SMILES string of the molecule is c1ccc(-c2c3c(cc4c2Sc2cc(-c5ccccc5)c5c6ccccc6n6c5c2B4c2ccccc2-6)B2c4ccccc4-n4c5ccccc5c5c(-c6ccccc6)cc(c2c54)S3)cc1. The van der Waals surface area contributed by atoms with Crippen LogP contribution in [-0.2, 0) is 0 Å². The maximum atomic E-state index is 2.68. The van der Waals surface area contributed by atoms with Crippen molar-refractivity contribution in [3.63, 3.8) is 0 Å². The fraction of sp³-hybridized carbons (Fsp3) is 0. The van der Waals surface area contributed by atoms with Crippen LogP contribution in [0.2, 0.25) is 0 Å². The van der Waals surface area contributed by atoms with Crippen molar-refractivity contribution in [1.29, 1.82) is 0 Å². The Morgan fingerprint density at radius 1 is 0.348 bits per heavy atom. The van der Waals surface area contributed by atoms with Gasteiger partial charge in [0.15, 0.2) is 0 Å². The quantitative estimate of drug-likeness (QED) is 0.164. The molecule has 10 aromatic carbocycles. The van der Waals surface area contributed by atoms with E-state index < -0.39 is 0 Å². The zero-order chi connectivity index (χ0) is 42.8. The fourth-order valence-electron chi connectivity index (χ4n) is 12.5. The minimum Gasteiger partial charge on any atom is -0.310 e. The molecule has 2 nitrogen and oxygen atoms in total. The first-order chi connectivity index (χ1) is 32.8. The van der Waals surface area contributed by atoms with E-state index in [1.54, 1.807) is 0 Å². The van der Waals surface area contributed by atoms with E-state index in [-0.39, 0.29) is 13.4 Å². The van der Waals surface area contributed by atoms with E-state index >= 15 is 0 Å². The number of hydrogen-bond donors (Lipinski definition) is 0. The molecule has 0 N–H and O–H groups in total. The fourth-order valence-corrected chi connectivity index (χ4v) is 15.2. The van der Waals surface area contributed by atoms with Gasteiger partial charge in [0.2, 0.25) is 13.4 Å². The lowest BCUT2D eigenvalue weighted by molar-refractivity contribution is 1.18. The van der Waals surface area contributed by atoms with Crippen LogP contribution >= 0.6 is 23.5 Å². The summed E-state index contributed by atoms with van der Waals surface area (Å²) in [6.45, 7) is 0.0861. The number of nitrogens with zero attached hydrogens (tertiary/aromatic N) is 2. The molecule has 16 rings (SSSR count). The topological polar surface area (TPSA) is 9.86 Å². The van der Waals surface area contributed by atoms with E-state index in [9.17, 15) is 0 Å². The molecule has 0 bridgehead atoms. The number of para-hydroxylation sites is 4. The second-order valence-electron chi connectivity index (χ2n) is 18.2. The summed E-state index contributed by atoms with van der Waals surface area (Å²) in [6.07, 6.45) is 0. The van der Waals surface area contributed by atoms with Crippen LogP contribution in [0.25, 0.3) is 88.4 Å². The third-order valence-electron chi connectivity index (χ3n) is 15.0. The van der Waals surface area contributed by atoms with Crippen LogP contribution in [-0.4, -0.2) is 22.6 Å². The molecule has 66 heavy (non-hydrogen) atoms. The summed E-state index contributed by atoms with van der Waals surface area (Å²) in [5, 5.41) is 5.29. The van der Waals surface area contributed by atoms with E-state index in [2.05, 4.69) is 215 Å². The molecule has 0 saturated carbocycles. The highest BCUT2D eigenvalue weighted by Gasteiger charge is 2.46. The molecule has 6 heteroatoms. The van der Waals surface area contributed by atoms with E-state index in [0.29, 0.717) is 0 Å². The van der Waals surface area contributed by atoms with Gasteiger partial charge in [0, 0.05) is 58.1 Å². The molecule has 0 aliphatic carbocycles. The Bertz CT molecular complexity index is 3870. The van der Waals surface area contributed by atoms with Gasteiger partial charge in [-0.2, -0.15) is 0 Å². The second-order valence-corrected chi connectivity index (χ2v) is 20.3. The van der Waals surface area contributed by atoms with E-state index in [4.69, 9.17) is 0 Å². The maximum absolute atomic E-state index is 2.68. The minimum atomic E-state index is 0.0431. The molecule has 0 spiro atoms. The van der Waals surface area contributed by atoms with Crippen LogP contribution < -0.4 is 32.8 Å². The first-order valence-corrected chi connectivity index (χ1v) is 24.5. The lowest BCUT2D eigenvalue weighted by Gasteiger charge is -2.38. The molecule has 0 atom stereocenters. The Hall–Kier alpha value is -7.37. The second kappa shape index (κ2) is 13.1. The summed E-state index contributed by atoms with van der Waals surface area (Å²) in [4.78, 5) is 5.43. The molecule has 0 unspecified atom stereocenters. The summed E-state index contributed by atoms with van der Waals surface area (Å²) in [6, 6.07) is 77.8. The molecular formula is C60H34B2N2S2. The van der Waals surface area contributed by atoms with Gasteiger partial charge in [0.1, 0.15) is 0 Å². The van der Waals surface area contributed by atoms with Gasteiger partial charge in [-0.3, -0.25) is 0 Å². The average molecular weight is 869 g/mol. The van der Waals surface area contributed by atoms with Crippen molar-refractivity contribution < 1.29 is 0 Å². The normalized spacial score (nSPS) is 13.6. The van der Waals surface area contributed by atoms with Crippen LogP contribution in [0.4, 0.5) is 0 Å². The third-order valence-corrected chi connectivity index (χ3v) is 17.4. The molecule has 12 aromatic rings. The van der Waals surface area contributed by atoms with Crippen molar-refractivity contribution >= 4 is 113 Å². The van der Waals surface area contributed by atoms with Crippen molar-refractivity contribution in [3.8, 4) is 44.8 Å². The van der Waals surface area contributed by atoms with E-state index in [0.717, 1.165) is 0 Å². The summed E-state index contributed by atoms with van der Waals surface area (Å²) in [5.41, 5.74) is 23.9. The molecule has 0 amide bonds. The monoisotopic (exact) mass is 868 g/mol. The van der Waals surface area contributed by atoms with E-state index in [1.165, 1.54) is 141 Å². The van der Waals surface area contributed by atoms with Crippen LogP contribution in [0.1, 0.15) is 0 Å². The maximum Gasteiger partial charge on any atom is 0.249 e. The molecule has 6 heterocycles. The smallest absolute Gasteiger partial charge is 0.249 e. The molecular weight excluding hydrogens is 834 g/mol. The predicted molar refractivity (Wildman–Crippen MR) is 282 cm³/mol. The Labute approximate surface area is 390 Å². The zero-order valence-corrected chi connectivity index (χ0v) is 37.1. The van der Waals surface area contributed by atoms with Gasteiger partial charge in [-0.15, -0.1) is 0 Å². The van der Waals surface area contributed by atoms with Gasteiger partial charge in [-0.1, -0.05) is 204 Å².